The highest BCUT2D eigenvalue weighted by molar-refractivity contribution is 9.10. The van der Waals surface area contributed by atoms with Crippen molar-refractivity contribution < 1.29 is 4.39 Å². The van der Waals surface area contributed by atoms with Crippen molar-refractivity contribution in [2.24, 2.45) is 5.73 Å². The number of benzene rings is 2. The Morgan fingerprint density at radius 3 is 2.39 bits per heavy atom. The molecule has 2 aromatic carbocycles. The molecule has 0 saturated heterocycles. The molecule has 2 aromatic rings. The normalized spacial score (nSPS) is 12.4. The SMILES string of the molecule is CCc1ccc(C(N)c2ccc(F)cc2Br)cc1. The molecule has 3 heteroatoms. The molecule has 0 aliphatic carbocycles. The van der Waals surface area contributed by atoms with Crippen LogP contribution in [-0.2, 0) is 6.42 Å². The molecule has 0 heterocycles. The monoisotopic (exact) mass is 307 g/mol. The van der Waals surface area contributed by atoms with Gasteiger partial charge in [0.1, 0.15) is 5.82 Å². The highest BCUT2D eigenvalue weighted by atomic mass is 79.9. The van der Waals surface area contributed by atoms with Gasteiger partial charge in [-0.15, -0.1) is 0 Å². The fourth-order valence-corrected chi connectivity index (χ4v) is 2.49. The van der Waals surface area contributed by atoms with Crippen molar-refractivity contribution in [3.8, 4) is 0 Å². The van der Waals surface area contributed by atoms with E-state index in [2.05, 4.69) is 35.0 Å². The summed E-state index contributed by atoms with van der Waals surface area (Å²) < 4.78 is 13.7. The van der Waals surface area contributed by atoms with Crippen LogP contribution >= 0.6 is 15.9 Å². The molecule has 0 amide bonds. The van der Waals surface area contributed by atoms with E-state index in [-0.39, 0.29) is 11.9 Å². The topological polar surface area (TPSA) is 26.0 Å². The number of hydrogen-bond acceptors (Lipinski definition) is 1. The van der Waals surface area contributed by atoms with Crippen molar-refractivity contribution in [2.45, 2.75) is 19.4 Å². The number of halogens is 2. The lowest BCUT2D eigenvalue weighted by molar-refractivity contribution is 0.625. The Bertz CT molecular complexity index is 537. The third-order valence-electron chi connectivity index (χ3n) is 3.04. The Balaban J connectivity index is 2.31. The Labute approximate surface area is 115 Å². The predicted octanol–water partition coefficient (Wildman–Crippen LogP) is 4.20. The lowest BCUT2D eigenvalue weighted by Crippen LogP contribution is -2.12. The van der Waals surface area contributed by atoms with Crippen molar-refractivity contribution in [1.82, 2.24) is 0 Å². The minimum absolute atomic E-state index is 0.245. The lowest BCUT2D eigenvalue weighted by atomic mass is 9.98. The second kappa shape index (κ2) is 5.63. The summed E-state index contributed by atoms with van der Waals surface area (Å²) in [6.45, 7) is 2.12. The van der Waals surface area contributed by atoms with E-state index in [1.165, 1.54) is 17.7 Å². The van der Waals surface area contributed by atoms with Gasteiger partial charge in [-0.2, -0.15) is 0 Å². The quantitative estimate of drug-likeness (QED) is 0.903. The standard InChI is InChI=1S/C15H15BrFN/c1-2-10-3-5-11(6-4-10)15(18)13-8-7-12(17)9-14(13)16/h3-9,15H,2,18H2,1H3. The summed E-state index contributed by atoms with van der Waals surface area (Å²) in [4.78, 5) is 0. The summed E-state index contributed by atoms with van der Waals surface area (Å²) >= 11 is 3.35. The van der Waals surface area contributed by atoms with E-state index in [4.69, 9.17) is 5.73 Å². The van der Waals surface area contributed by atoms with Crippen LogP contribution < -0.4 is 5.73 Å². The van der Waals surface area contributed by atoms with Crippen LogP contribution in [0.5, 0.6) is 0 Å². The van der Waals surface area contributed by atoms with Crippen molar-refractivity contribution in [1.29, 1.82) is 0 Å². The smallest absolute Gasteiger partial charge is 0.124 e. The summed E-state index contributed by atoms with van der Waals surface area (Å²) in [7, 11) is 0. The first-order valence-electron chi connectivity index (χ1n) is 5.91. The minimum atomic E-state index is -0.265. The van der Waals surface area contributed by atoms with Gasteiger partial charge in [-0.05, 0) is 35.2 Å². The predicted molar refractivity (Wildman–Crippen MR) is 76.0 cm³/mol. The van der Waals surface area contributed by atoms with Gasteiger partial charge in [-0.1, -0.05) is 53.2 Å². The van der Waals surface area contributed by atoms with Gasteiger partial charge in [0, 0.05) is 4.47 Å². The maximum Gasteiger partial charge on any atom is 0.124 e. The number of hydrogen-bond donors (Lipinski definition) is 1. The molecule has 0 aliphatic heterocycles. The highest BCUT2D eigenvalue weighted by Crippen LogP contribution is 2.27. The molecule has 2 rings (SSSR count). The van der Waals surface area contributed by atoms with Crippen LogP contribution in [0.4, 0.5) is 4.39 Å². The molecule has 94 valence electrons. The van der Waals surface area contributed by atoms with E-state index in [9.17, 15) is 4.39 Å². The van der Waals surface area contributed by atoms with Crippen LogP contribution in [0.3, 0.4) is 0 Å². The third kappa shape index (κ3) is 2.79. The average molecular weight is 308 g/mol. The average Bonchev–Trinajstić information content (AvgIpc) is 2.38. The van der Waals surface area contributed by atoms with Gasteiger partial charge < -0.3 is 5.73 Å². The van der Waals surface area contributed by atoms with Gasteiger partial charge in [-0.3, -0.25) is 0 Å². The third-order valence-corrected chi connectivity index (χ3v) is 3.73. The second-order valence-electron chi connectivity index (χ2n) is 4.24. The maximum atomic E-state index is 13.0. The minimum Gasteiger partial charge on any atom is -0.320 e. The zero-order chi connectivity index (χ0) is 13.1. The van der Waals surface area contributed by atoms with Crippen LogP contribution in [0, 0.1) is 5.82 Å². The van der Waals surface area contributed by atoms with E-state index < -0.39 is 0 Å². The van der Waals surface area contributed by atoms with E-state index in [1.807, 2.05) is 12.1 Å². The van der Waals surface area contributed by atoms with Gasteiger partial charge >= 0.3 is 0 Å². The van der Waals surface area contributed by atoms with Crippen molar-refractivity contribution in [2.75, 3.05) is 0 Å². The van der Waals surface area contributed by atoms with Gasteiger partial charge in [0.2, 0.25) is 0 Å². The Morgan fingerprint density at radius 2 is 1.83 bits per heavy atom. The summed E-state index contributed by atoms with van der Waals surface area (Å²) in [5.41, 5.74) is 9.40. The summed E-state index contributed by atoms with van der Waals surface area (Å²) in [6, 6.07) is 12.6. The molecular weight excluding hydrogens is 293 g/mol. The fourth-order valence-electron chi connectivity index (χ4n) is 1.89. The van der Waals surface area contributed by atoms with Crippen molar-refractivity contribution in [3.63, 3.8) is 0 Å². The Morgan fingerprint density at radius 1 is 1.17 bits per heavy atom. The summed E-state index contributed by atoms with van der Waals surface area (Å²) in [5.74, 6) is -0.265. The molecule has 18 heavy (non-hydrogen) atoms. The molecule has 2 N–H and O–H groups in total. The largest absolute Gasteiger partial charge is 0.320 e. The molecule has 1 atom stereocenters. The second-order valence-corrected chi connectivity index (χ2v) is 5.09. The molecule has 0 bridgehead atoms. The summed E-state index contributed by atoms with van der Waals surface area (Å²) in [6.07, 6.45) is 1.01. The van der Waals surface area contributed by atoms with E-state index >= 15 is 0 Å². The first kappa shape index (κ1) is 13.2. The Hall–Kier alpha value is -1.19. The van der Waals surface area contributed by atoms with Crippen LogP contribution in [0.15, 0.2) is 46.9 Å². The highest BCUT2D eigenvalue weighted by Gasteiger charge is 2.12. The maximum absolute atomic E-state index is 13.0. The molecule has 0 saturated carbocycles. The van der Waals surface area contributed by atoms with Gasteiger partial charge in [-0.25, -0.2) is 4.39 Å². The number of aryl methyl sites for hydroxylation is 1. The molecule has 0 aromatic heterocycles. The summed E-state index contributed by atoms with van der Waals surface area (Å²) in [5, 5.41) is 0. The van der Waals surface area contributed by atoms with Gasteiger partial charge in [0.15, 0.2) is 0 Å². The molecule has 1 nitrogen and oxygen atoms in total. The first-order valence-corrected chi connectivity index (χ1v) is 6.70. The number of rotatable bonds is 3. The van der Waals surface area contributed by atoms with Crippen molar-refractivity contribution >= 4 is 15.9 Å². The molecular formula is C15H15BrFN. The van der Waals surface area contributed by atoms with Gasteiger partial charge in [0.25, 0.3) is 0 Å². The van der Waals surface area contributed by atoms with Crippen LogP contribution in [0.25, 0.3) is 0 Å². The first-order chi connectivity index (χ1) is 8.61. The number of nitrogens with two attached hydrogens (primary N) is 1. The van der Waals surface area contributed by atoms with Crippen LogP contribution in [0.1, 0.15) is 29.7 Å². The molecule has 0 fully saturated rings. The molecule has 0 radical (unpaired) electrons. The fraction of sp³-hybridized carbons (Fsp3) is 0.200. The lowest BCUT2D eigenvalue weighted by Gasteiger charge is -2.15. The Kier molecular flexibility index (Phi) is 4.15. The van der Waals surface area contributed by atoms with E-state index in [0.717, 1.165) is 17.5 Å². The van der Waals surface area contributed by atoms with Crippen molar-refractivity contribution in [3.05, 3.63) is 69.4 Å². The molecule has 0 spiro atoms. The van der Waals surface area contributed by atoms with Crippen LogP contribution in [0.2, 0.25) is 0 Å². The zero-order valence-corrected chi connectivity index (χ0v) is 11.7. The van der Waals surface area contributed by atoms with Gasteiger partial charge in [0.05, 0.1) is 6.04 Å². The zero-order valence-electron chi connectivity index (χ0n) is 10.2. The van der Waals surface area contributed by atoms with E-state index in [1.54, 1.807) is 6.07 Å². The molecule has 1 unspecified atom stereocenters. The molecule has 0 aliphatic rings. The van der Waals surface area contributed by atoms with Crippen LogP contribution in [-0.4, -0.2) is 0 Å². The van der Waals surface area contributed by atoms with E-state index in [0.29, 0.717) is 4.47 Å².